The molecule has 134 valence electrons. The summed E-state index contributed by atoms with van der Waals surface area (Å²) < 4.78 is 1.92. The molecule has 1 amide bonds. The quantitative estimate of drug-likeness (QED) is 0.619. The maximum absolute atomic E-state index is 11.8. The van der Waals surface area contributed by atoms with Crippen LogP contribution >= 0.6 is 0 Å². The van der Waals surface area contributed by atoms with Gasteiger partial charge >= 0.3 is 0 Å². The summed E-state index contributed by atoms with van der Waals surface area (Å²) in [6, 6.07) is 6.19. The number of aromatic nitrogens is 3. The van der Waals surface area contributed by atoms with Crippen molar-refractivity contribution in [2.75, 3.05) is 20.6 Å². The van der Waals surface area contributed by atoms with Gasteiger partial charge in [0.25, 0.3) is 0 Å². The number of hydrogen-bond acceptors (Lipinski definition) is 4. The first-order valence-corrected chi connectivity index (χ1v) is 8.67. The van der Waals surface area contributed by atoms with Crippen LogP contribution in [0.25, 0.3) is 5.65 Å². The molecule has 25 heavy (non-hydrogen) atoms. The fourth-order valence-electron chi connectivity index (χ4n) is 2.88. The number of guanidine groups is 1. The van der Waals surface area contributed by atoms with Crippen molar-refractivity contribution in [1.29, 1.82) is 0 Å². The van der Waals surface area contributed by atoms with Crippen LogP contribution in [0, 0.1) is 0 Å². The molecule has 1 aliphatic rings. The predicted octanol–water partition coefficient (Wildman–Crippen LogP) is 0.795. The minimum absolute atomic E-state index is 0.00819. The largest absolute Gasteiger partial charge is 0.354 e. The molecule has 0 aliphatic heterocycles. The molecule has 2 heterocycles. The number of nitrogens with zero attached hydrogens (tertiary/aromatic N) is 5. The average molecular weight is 343 g/mol. The van der Waals surface area contributed by atoms with E-state index in [4.69, 9.17) is 0 Å². The highest BCUT2D eigenvalue weighted by atomic mass is 16.2. The van der Waals surface area contributed by atoms with Crippen LogP contribution in [0.3, 0.4) is 0 Å². The summed E-state index contributed by atoms with van der Waals surface area (Å²) in [4.78, 5) is 18.0. The Balaban J connectivity index is 1.70. The van der Waals surface area contributed by atoms with Gasteiger partial charge in [-0.05, 0) is 25.0 Å². The van der Waals surface area contributed by atoms with Gasteiger partial charge in [0.15, 0.2) is 17.4 Å². The minimum Gasteiger partial charge on any atom is -0.354 e. The molecule has 2 N–H and O–H groups in total. The van der Waals surface area contributed by atoms with Crippen LogP contribution in [0.1, 0.15) is 31.5 Å². The molecule has 8 heteroatoms. The van der Waals surface area contributed by atoms with Crippen LogP contribution in [0.5, 0.6) is 0 Å². The summed E-state index contributed by atoms with van der Waals surface area (Å²) in [7, 11) is 3.49. The Bertz CT molecular complexity index is 746. The molecular weight excluding hydrogens is 318 g/mol. The van der Waals surface area contributed by atoms with E-state index in [0.29, 0.717) is 18.5 Å². The van der Waals surface area contributed by atoms with Gasteiger partial charge in [-0.15, -0.1) is 10.2 Å². The second kappa shape index (κ2) is 7.96. The number of nitrogens with one attached hydrogen (secondary N) is 2. The predicted molar refractivity (Wildman–Crippen MR) is 96.2 cm³/mol. The van der Waals surface area contributed by atoms with Gasteiger partial charge in [-0.25, -0.2) is 4.99 Å². The molecule has 3 rings (SSSR count). The number of carbonyl (C=O) groups is 1. The van der Waals surface area contributed by atoms with E-state index in [-0.39, 0.29) is 12.5 Å². The van der Waals surface area contributed by atoms with Crippen molar-refractivity contribution in [3.8, 4) is 0 Å². The van der Waals surface area contributed by atoms with Crippen molar-refractivity contribution in [2.45, 2.75) is 38.3 Å². The molecule has 0 saturated heterocycles. The highest BCUT2D eigenvalue weighted by Crippen LogP contribution is 2.17. The van der Waals surface area contributed by atoms with E-state index in [0.717, 1.165) is 24.3 Å². The number of aliphatic imine (C=N–C) groups is 1. The Morgan fingerprint density at radius 1 is 1.32 bits per heavy atom. The van der Waals surface area contributed by atoms with Crippen molar-refractivity contribution < 1.29 is 4.79 Å². The van der Waals surface area contributed by atoms with Crippen molar-refractivity contribution in [3.63, 3.8) is 0 Å². The molecule has 2 aromatic heterocycles. The monoisotopic (exact) mass is 343 g/mol. The van der Waals surface area contributed by atoms with E-state index in [1.54, 1.807) is 19.0 Å². The Kier molecular flexibility index (Phi) is 5.47. The van der Waals surface area contributed by atoms with Crippen LogP contribution in [0.4, 0.5) is 0 Å². The minimum atomic E-state index is 0.00819. The van der Waals surface area contributed by atoms with Gasteiger partial charge in [0, 0.05) is 26.3 Å². The highest BCUT2D eigenvalue weighted by molar-refractivity contribution is 5.86. The standard InChI is InChI=1S/C17H25N7O/c1-23(2)16(25)12-19-17(20-13-7-3-4-8-13)18-11-15-22-21-14-9-5-6-10-24(14)15/h5-6,9-10,13H,3-4,7-8,11-12H2,1-2H3,(H2,18,19,20). The second-order valence-electron chi connectivity index (χ2n) is 6.48. The lowest BCUT2D eigenvalue weighted by atomic mass is 10.2. The van der Waals surface area contributed by atoms with Gasteiger partial charge in [-0.1, -0.05) is 18.9 Å². The van der Waals surface area contributed by atoms with E-state index in [9.17, 15) is 4.79 Å². The zero-order chi connectivity index (χ0) is 17.6. The summed E-state index contributed by atoms with van der Waals surface area (Å²) in [5, 5.41) is 14.9. The third-order valence-electron chi connectivity index (χ3n) is 4.36. The van der Waals surface area contributed by atoms with E-state index in [1.165, 1.54) is 12.8 Å². The van der Waals surface area contributed by atoms with E-state index in [2.05, 4.69) is 25.8 Å². The van der Waals surface area contributed by atoms with E-state index >= 15 is 0 Å². The first kappa shape index (κ1) is 17.2. The fraction of sp³-hybridized carbons (Fsp3) is 0.529. The lowest BCUT2D eigenvalue weighted by molar-refractivity contribution is -0.127. The summed E-state index contributed by atoms with van der Waals surface area (Å²) in [5.41, 5.74) is 0.800. The molecule has 8 nitrogen and oxygen atoms in total. The molecule has 0 spiro atoms. The maximum atomic E-state index is 11.8. The molecule has 0 bridgehead atoms. The number of rotatable bonds is 5. The summed E-state index contributed by atoms with van der Waals surface area (Å²) in [6.45, 7) is 0.607. The third-order valence-corrected chi connectivity index (χ3v) is 4.36. The van der Waals surface area contributed by atoms with Crippen molar-refractivity contribution in [1.82, 2.24) is 30.1 Å². The van der Waals surface area contributed by atoms with Gasteiger partial charge in [-0.2, -0.15) is 0 Å². The zero-order valence-corrected chi connectivity index (χ0v) is 14.8. The number of fused-ring (bicyclic) bond motifs is 1. The van der Waals surface area contributed by atoms with Gasteiger partial charge in [0.2, 0.25) is 5.91 Å². The lowest BCUT2D eigenvalue weighted by Gasteiger charge is -2.18. The van der Waals surface area contributed by atoms with Crippen molar-refractivity contribution in [2.24, 2.45) is 4.99 Å². The topological polar surface area (TPSA) is 86.9 Å². The molecule has 0 atom stereocenters. The number of hydrogen-bond donors (Lipinski definition) is 2. The Labute approximate surface area is 147 Å². The van der Waals surface area contributed by atoms with Crippen LogP contribution < -0.4 is 10.6 Å². The number of amides is 1. The molecule has 1 aliphatic carbocycles. The van der Waals surface area contributed by atoms with Crippen LogP contribution in [0.15, 0.2) is 29.4 Å². The van der Waals surface area contributed by atoms with Gasteiger partial charge in [0.05, 0.1) is 6.54 Å². The molecule has 1 saturated carbocycles. The molecule has 2 aromatic rings. The average Bonchev–Trinajstić information content (AvgIpc) is 3.26. The first-order valence-electron chi connectivity index (χ1n) is 8.67. The molecule has 0 unspecified atom stereocenters. The van der Waals surface area contributed by atoms with Gasteiger partial charge < -0.3 is 15.5 Å². The molecule has 0 radical (unpaired) electrons. The SMILES string of the molecule is CN(C)C(=O)CNC(=NCc1nnc2ccccn12)NC1CCCC1. The zero-order valence-electron chi connectivity index (χ0n) is 14.8. The Hall–Kier alpha value is -2.64. The lowest BCUT2D eigenvalue weighted by Crippen LogP contribution is -2.46. The summed E-state index contributed by atoms with van der Waals surface area (Å²) in [5.74, 6) is 1.42. The summed E-state index contributed by atoms with van der Waals surface area (Å²) >= 11 is 0. The number of carbonyl (C=O) groups excluding carboxylic acids is 1. The van der Waals surface area contributed by atoms with Crippen molar-refractivity contribution in [3.05, 3.63) is 30.2 Å². The Morgan fingerprint density at radius 2 is 2.12 bits per heavy atom. The first-order chi connectivity index (χ1) is 12.1. The Morgan fingerprint density at radius 3 is 2.88 bits per heavy atom. The maximum Gasteiger partial charge on any atom is 0.241 e. The van der Waals surface area contributed by atoms with Crippen molar-refractivity contribution >= 4 is 17.5 Å². The molecular formula is C17H25N7O. The fourth-order valence-corrected chi connectivity index (χ4v) is 2.88. The molecule has 1 fully saturated rings. The highest BCUT2D eigenvalue weighted by Gasteiger charge is 2.17. The van der Waals surface area contributed by atoms with Gasteiger partial charge in [0.1, 0.15) is 6.54 Å². The third kappa shape index (κ3) is 4.46. The molecule has 0 aromatic carbocycles. The number of pyridine rings is 1. The van der Waals surface area contributed by atoms with Crippen LogP contribution in [0.2, 0.25) is 0 Å². The smallest absolute Gasteiger partial charge is 0.241 e. The van der Waals surface area contributed by atoms with Crippen LogP contribution in [-0.2, 0) is 11.3 Å². The van der Waals surface area contributed by atoms with Crippen LogP contribution in [-0.4, -0.2) is 58.0 Å². The normalized spacial score (nSPS) is 15.5. The van der Waals surface area contributed by atoms with Gasteiger partial charge in [-0.3, -0.25) is 9.20 Å². The number of likely N-dealkylation sites (N-methyl/N-ethyl adjacent to an activating group) is 1. The van der Waals surface area contributed by atoms with E-state index < -0.39 is 0 Å². The summed E-state index contributed by atoms with van der Waals surface area (Å²) in [6.07, 6.45) is 6.66. The second-order valence-corrected chi connectivity index (χ2v) is 6.48. The van der Waals surface area contributed by atoms with E-state index in [1.807, 2.05) is 28.8 Å².